The molecule has 96 valence electrons. The highest BCUT2D eigenvalue weighted by atomic mass is 19.1. The molecule has 19 heavy (non-hydrogen) atoms. The van der Waals surface area contributed by atoms with Crippen molar-refractivity contribution in [3.05, 3.63) is 47.6 Å². The maximum absolute atomic E-state index is 13.5. The van der Waals surface area contributed by atoms with Gasteiger partial charge in [-0.3, -0.25) is 5.10 Å². The van der Waals surface area contributed by atoms with E-state index in [1.54, 1.807) is 0 Å². The minimum absolute atomic E-state index is 0.0930. The van der Waals surface area contributed by atoms with E-state index in [2.05, 4.69) is 25.3 Å². The Labute approximate surface area is 105 Å². The number of hydrogen-bond donors (Lipinski definition) is 1. The first kappa shape index (κ1) is 11.5. The van der Waals surface area contributed by atoms with Crippen molar-refractivity contribution >= 4 is 0 Å². The Hall–Kier alpha value is -2.64. The highest BCUT2D eigenvalue weighted by Crippen LogP contribution is 2.17. The van der Waals surface area contributed by atoms with Crippen molar-refractivity contribution in [2.75, 3.05) is 0 Å². The zero-order chi connectivity index (χ0) is 13.2. The second kappa shape index (κ2) is 4.56. The van der Waals surface area contributed by atoms with E-state index < -0.39 is 11.6 Å². The Morgan fingerprint density at radius 2 is 2.00 bits per heavy atom. The van der Waals surface area contributed by atoms with Crippen molar-refractivity contribution in [3.63, 3.8) is 0 Å². The van der Waals surface area contributed by atoms with E-state index in [1.165, 1.54) is 24.5 Å². The number of rotatable bonds is 3. The molecule has 1 N–H and O–H groups in total. The molecule has 0 radical (unpaired) electrons. The number of hydrogen-bond acceptors (Lipinski definition) is 5. The predicted molar refractivity (Wildman–Crippen MR) is 58.8 cm³/mol. The van der Waals surface area contributed by atoms with Crippen LogP contribution in [0.1, 0.15) is 11.5 Å². The third-order valence-electron chi connectivity index (χ3n) is 2.48. The fourth-order valence-electron chi connectivity index (χ4n) is 1.59. The maximum Gasteiger partial charge on any atom is 0.239 e. The summed E-state index contributed by atoms with van der Waals surface area (Å²) in [5.41, 5.74) is -0.115. The first-order valence-corrected chi connectivity index (χ1v) is 5.35. The fraction of sp³-hybridized carbons (Fsp3) is 0.0909. The zero-order valence-corrected chi connectivity index (χ0v) is 9.47. The second-order valence-corrected chi connectivity index (χ2v) is 3.72. The molecule has 0 bridgehead atoms. The van der Waals surface area contributed by atoms with Gasteiger partial charge in [-0.1, -0.05) is 11.2 Å². The van der Waals surface area contributed by atoms with E-state index >= 15 is 0 Å². The lowest BCUT2D eigenvalue weighted by Crippen LogP contribution is -1.97. The minimum Gasteiger partial charge on any atom is -0.338 e. The molecule has 0 saturated carbocycles. The summed E-state index contributed by atoms with van der Waals surface area (Å²) in [7, 11) is 0. The van der Waals surface area contributed by atoms with Gasteiger partial charge in [-0.2, -0.15) is 10.1 Å². The van der Waals surface area contributed by atoms with Gasteiger partial charge in [0, 0.05) is 5.56 Å². The summed E-state index contributed by atoms with van der Waals surface area (Å²) in [6.07, 6.45) is 1.17. The van der Waals surface area contributed by atoms with E-state index in [4.69, 9.17) is 4.52 Å². The van der Waals surface area contributed by atoms with Crippen LogP contribution in [0.15, 0.2) is 29.0 Å². The van der Waals surface area contributed by atoms with Gasteiger partial charge in [0.1, 0.15) is 18.0 Å². The van der Waals surface area contributed by atoms with Crippen LogP contribution >= 0.6 is 0 Å². The van der Waals surface area contributed by atoms with Crippen LogP contribution in [-0.4, -0.2) is 25.3 Å². The molecule has 0 aliphatic rings. The lowest BCUT2D eigenvalue weighted by atomic mass is 10.1. The minimum atomic E-state index is -0.653. The average Bonchev–Trinajstić information content (AvgIpc) is 3.04. The van der Waals surface area contributed by atoms with Gasteiger partial charge in [-0.25, -0.2) is 13.8 Å². The van der Waals surface area contributed by atoms with Crippen molar-refractivity contribution in [2.45, 2.75) is 6.42 Å². The van der Waals surface area contributed by atoms with E-state index in [0.717, 1.165) is 0 Å². The number of H-pyrrole nitrogens is 1. The quantitative estimate of drug-likeness (QED) is 0.778. The van der Waals surface area contributed by atoms with Gasteiger partial charge in [0.05, 0.1) is 6.42 Å². The molecule has 2 heterocycles. The van der Waals surface area contributed by atoms with Crippen LogP contribution in [0.25, 0.3) is 11.6 Å². The summed E-state index contributed by atoms with van der Waals surface area (Å²) >= 11 is 0. The molecular weight excluding hydrogens is 256 g/mol. The number of halogens is 2. The molecule has 0 saturated heterocycles. The van der Waals surface area contributed by atoms with Crippen LogP contribution in [-0.2, 0) is 6.42 Å². The first-order valence-electron chi connectivity index (χ1n) is 5.35. The number of benzene rings is 1. The molecule has 0 fully saturated rings. The Kier molecular flexibility index (Phi) is 2.75. The summed E-state index contributed by atoms with van der Waals surface area (Å²) in [6, 6.07) is 3.64. The molecule has 0 amide bonds. The number of aromatic amines is 1. The van der Waals surface area contributed by atoms with Gasteiger partial charge in [-0.15, -0.1) is 0 Å². The molecule has 0 atom stereocenters. The van der Waals surface area contributed by atoms with Crippen molar-refractivity contribution in [2.24, 2.45) is 0 Å². The Morgan fingerprint density at radius 1 is 1.21 bits per heavy atom. The van der Waals surface area contributed by atoms with Crippen molar-refractivity contribution < 1.29 is 13.3 Å². The normalized spacial score (nSPS) is 10.8. The lowest BCUT2D eigenvalue weighted by Gasteiger charge is -2.00. The highest BCUT2D eigenvalue weighted by Gasteiger charge is 2.15. The summed E-state index contributed by atoms with van der Waals surface area (Å²) in [4.78, 5) is 7.83. The molecule has 3 aromatic rings. The molecule has 0 spiro atoms. The van der Waals surface area contributed by atoms with Crippen LogP contribution in [0.4, 0.5) is 8.78 Å². The van der Waals surface area contributed by atoms with Crippen LogP contribution in [0.3, 0.4) is 0 Å². The van der Waals surface area contributed by atoms with Gasteiger partial charge in [0.15, 0.2) is 5.82 Å². The summed E-state index contributed by atoms with van der Waals surface area (Å²) in [6.45, 7) is 0. The summed E-state index contributed by atoms with van der Waals surface area (Å²) < 4.78 is 31.8. The predicted octanol–water partition coefficient (Wildman–Crippen LogP) is 1.72. The lowest BCUT2D eigenvalue weighted by molar-refractivity contribution is 0.382. The molecule has 8 heteroatoms. The third kappa shape index (κ3) is 2.19. The standard InChI is InChI=1S/C11H7F2N5O/c12-7-2-1-3-8(13)6(7)4-9-16-11(18-19-9)10-14-5-15-17-10/h1-3,5H,4H2,(H,14,15,17). The molecule has 0 unspecified atom stereocenters. The van der Waals surface area contributed by atoms with Crippen LogP contribution in [0, 0.1) is 11.6 Å². The third-order valence-corrected chi connectivity index (χ3v) is 2.48. The van der Waals surface area contributed by atoms with E-state index in [1.807, 2.05) is 0 Å². The van der Waals surface area contributed by atoms with Gasteiger partial charge in [-0.05, 0) is 12.1 Å². The van der Waals surface area contributed by atoms with Crippen molar-refractivity contribution in [1.29, 1.82) is 0 Å². The molecule has 3 rings (SSSR count). The van der Waals surface area contributed by atoms with Gasteiger partial charge < -0.3 is 4.52 Å². The Bertz CT molecular complexity index is 675. The fourth-order valence-corrected chi connectivity index (χ4v) is 1.59. The van der Waals surface area contributed by atoms with E-state index in [-0.39, 0.29) is 23.7 Å². The van der Waals surface area contributed by atoms with Gasteiger partial charge in [0.25, 0.3) is 0 Å². The van der Waals surface area contributed by atoms with Crippen LogP contribution in [0.2, 0.25) is 0 Å². The van der Waals surface area contributed by atoms with Gasteiger partial charge in [0.2, 0.25) is 11.7 Å². The SMILES string of the molecule is Fc1cccc(F)c1Cc1nc(-c2ncn[nH]2)no1. The Balaban J connectivity index is 1.88. The molecular formula is C11H7F2N5O. The van der Waals surface area contributed by atoms with Crippen LogP contribution < -0.4 is 0 Å². The topological polar surface area (TPSA) is 80.5 Å². The molecule has 2 aromatic heterocycles. The smallest absolute Gasteiger partial charge is 0.239 e. The van der Waals surface area contributed by atoms with Gasteiger partial charge >= 0.3 is 0 Å². The molecule has 0 aliphatic carbocycles. The van der Waals surface area contributed by atoms with E-state index in [9.17, 15) is 8.78 Å². The summed E-state index contributed by atoms with van der Waals surface area (Å²) in [5.74, 6) is -0.706. The number of aromatic nitrogens is 5. The maximum atomic E-state index is 13.5. The molecule has 1 aromatic carbocycles. The zero-order valence-electron chi connectivity index (χ0n) is 9.47. The monoisotopic (exact) mass is 263 g/mol. The van der Waals surface area contributed by atoms with Crippen molar-refractivity contribution in [3.8, 4) is 11.6 Å². The van der Waals surface area contributed by atoms with E-state index in [0.29, 0.717) is 5.82 Å². The number of nitrogens with zero attached hydrogens (tertiary/aromatic N) is 4. The molecule has 6 nitrogen and oxygen atoms in total. The number of nitrogens with one attached hydrogen (secondary N) is 1. The Morgan fingerprint density at radius 3 is 2.68 bits per heavy atom. The highest BCUT2D eigenvalue weighted by molar-refractivity contribution is 5.39. The summed E-state index contributed by atoms with van der Waals surface area (Å²) in [5, 5.41) is 9.85. The first-order chi connectivity index (χ1) is 9.24. The second-order valence-electron chi connectivity index (χ2n) is 3.72. The largest absolute Gasteiger partial charge is 0.338 e. The van der Waals surface area contributed by atoms with Crippen molar-refractivity contribution in [1.82, 2.24) is 25.3 Å². The van der Waals surface area contributed by atoms with Crippen LogP contribution in [0.5, 0.6) is 0 Å². The molecule has 0 aliphatic heterocycles. The average molecular weight is 263 g/mol.